The Morgan fingerprint density at radius 1 is 1.31 bits per heavy atom. The Kier molecular flexibility index (Phi) is 4.15. The van der Waals surface area contributed by atoms with Crippen molar-refractivity contribution in [1.82, 2.24) is 9.97 Å². The average molecular weight is 349 g/mol. The summed E-state index contributed by atoms with van der Waals surface area (Å²) in [6.45, 7) is 2.29. The number of benzene rings is 1. The maximum Gasteiger partial charge on any atom is 0.260 e. The summed E-state index contributed by atoms with van der Waals surface area (Å²) in [5.74, 6) is 1.17. The molecule has 5 nitrogen and oxygen atoms in total. The number of hydrogen-bond acceptors (Lipinski definition) is 3. The number of hydrogen-bond donors (Lipinski definition) is 1. The number of amides is 1. The zero-order valence-corrected chi connectivity index (χ0v) is 15.4. The lowest BCUT2D eigenvalue weighted by molar-refractivity contribution is 0.0994. The Hall–Kier alpha value is -2.82. The molecule has 0 saturated heterocycles. The molecule has 2 heterocycles. The van der Waals surface area contributed by atoms with E-state index >= 15 is 0 Å². The predicted octanol–water partition coefficient (Wildman–Crippen LogP) is 3.97. The van der Waals surface area contributed by atoms with Crippen molar-refractivity contribution >= 4 is 22.5 Å². The van der Waals surface area contributed by atoms with Crippen molar-refractivity contribution in [3.8, 4) is 5.88 Å². The van der Waals surface area contributed by atoms with Crippen LogP contribution in [-0.4, -0.2) is 30.0 Å². The van der Waals surface area contributed by atoms with Crippen molar-refractivity contribution in [3.63, 3.8) is 0 Å². The smallest absolute Gasteiger partial charge is 0.260 e. The summed E-state index contributed by atoms with van der Waals surface area (Å²) >= 11 is 0. The zero-order valence-electron chi connectivity index (χ0n) is 15.4. The molecule has 2 aromatic heterocycles. The van der Waals surface area contributed by atoms with Gasteiger partial charge in [-0.05, 0) is 42.9 Å². The number of fused-ring (bicyclic) bond motifs is 3. The topological polar surface area (TPSA) is 58.2 Å². The summed E-state index contributed by atoms with van der Waals surface area (Å²) in [6.07, 6.45) is 4.97. The van der Waals surface area contributed by atoms with Gasteiger partial charge in [0, 0.05) is 24.2 Å². The second kappa shape index (κ2) is 6.48. The third kappa shape index (κ3) is 2.73. The van der Waals surface area contributed by atoms with Gasteiger partial charge in [-0.1, -0.05) is 19.1 Å². The van der Waals surface area contributed by atoms with Crippen LogP contribution in [0.5, 0.6) is 5.88 Å². The van der Waals surface area contributed by atoms with Gasteiger partial charge >= 0.3 is 0 Å². The number of aryl methyl sites for hydroxylation is 1. The van der Waals surface area contributed by atoms with Crippen LogP contribution >= 0.6 is 0 Å². The minimum Gasteiger partial charge on any atom is -0.481 e. The van der Waals surface area contributed by atoms with E-state index in [1.54, 1.807) is 31.3 Å². The number of methoxy groups -OCH3 is 1. The summed E-state index contributed by atoms with van der Waals surface area (Å²) in [4.78, 5) is 22.5. The van der Waals surface area contributed by atoms with Crippen LogP contribution in [-0.2, 0) is 12.8 Å². The lowest BCUT2D eigenvalue weighted by Crippen LogP contribution is -2.26. The number of ether oxygens (including phenoxy) is 1. The van der Waals surface area contributed by atoms with E-state index in [0.717, 1.165) is 24.0 Å². The number of H-pyrrole nitrogens is 1. The van der Waals surface area contributed by atoms with E-state index < -0.39 is 0 Å². The Labute approximate surface area is 153 Å². The molecular weight excluding hydrogens is 326 g/mol. The zero-order chi connectivity index (χ0) is 18.3. The van der Waals surface area contributed by atoms with E-state index in [0.29, 0.717) is 17.4 Å². The monoisotopic (exact) mass is 349 g/mol. The SMILES string of the molecule is COc1ccc(N(C)C(=O)c2cccc3c4c([nH]c23)CCC(C)C4)cn1. The second-order valence-electron chi connectivity index (χ2n) is 7.08. The first-order chi connectivity index (χ1) is 12.6. The summed E-state index contributed by atoms with van der Waals surface area (Å²) < 4.78 is 5.09. The molecule has 1 atom stereocenters. The van der Waals surface area contributed by atoms with Gasteiger partial charge < -0.3 is 14.6 Å². The lowest BCUT2D eigenvalue weighted by atomic mass is 9.87. The fraction of sp³-hybridized carbons (Fsp3) is 0.333. The summed E-state index contributed by atoms with van der Waals surface area (Å²) in [5, 5.41) is 1.18. The maximum atomic E-state index is 13.1. The largest absolute Gasteiger partial charge is 0.481 e. The minimum atomic E-state index is -0.0470. The summed E-state index contributed by atoms with van der Waals surface area (Å²) in [7, 11) is 3.35. The van der Waals surface area contributed by atoms with E-state index in [9.17, 15) is 4.79 Å². The first kappa shape index (κ1) is 16.6. The third-order valence-corrected chi connectivity index (χ3v) is 5.32. The number of nitrogens with one attached hydrogen (secondary N) is 1. The molecule has 0 fully saturated rings. The molecule has 1 aliphatic carbocycles. The van der Waals surface area contributed by atoms with Crippen molar-refractivity contribution in [3.05, 3.63) is 53.3 Å². The number of rotatable bonds is 3. The molecule has 1 aliphatic rings. The van der Waals surface area contributed by atoms with Gasteiger partial charge in [0.15, 0.2) is 0 Å². The van der Waals surface area contributed by atoms with Crippen molar-refractivity contribution in [2.75, 3.05) is 19.1 Å². The summed E-state index contributed by atoms with van der Waals surface area (Å²) in [6, 6.07) is 9.58. The number of carbonyl (C=O) groups is 1. The number of anilines is 1. The van der Waals surface area contributed by atoms with Crippen LogP contribution in [0.1, 0.15) is 35.0 Å². The Morgan fingerprint density at radius 3 is 2.88 bits per heavy atom. The first-order valence-electron chi connectivity index (χ1n) is 8.99. The van der Waals surface area contributed by atoms with Crippen LogP contribution in [0.2, 0.25) is 0 Å². The van der Waals surface area contributed by atoms with Crippen LogP contribution in [0.4, 0.5) is 5.69 Å². The number of pyridine rings is 1. The van der Waals surface area contributed by atoms with Crippen molar-refractivity contribution in [2.24, 2.45) is 5.92 Å². The first-order valence-corrected chi connectivity index (χ1v) is 8.99. The van der Waals surface area contributed by atoms with E-state index in [1.807, 2.05) is 18.2 Å². The Balaban J connectivity index is 1.72. The van der Waals surface area contributed by atoms with Gasteiger partial charge in [0.1, 0.15) is 0 Å². The van der Waals surface area contributed by atoms with Crippen molar-refractivity contribution in [1.29, 1.82) is 0 Å². The standard InChI is InChI=1S/C21H23N3O2/c1-13-7-9-18-17(11-13)15-5-4-6-16(20(15)23-18)21(25)24(2)14-8-10-19(26-3)22-12-14/h4-6,8,10,12-13,23H,7,9,11H2,1-3H3. The number of carbonyl (C=O) groups excluding carboxylic acids is 1. The number of para-hydroxylation sites is 1. The van der Waals surface area contributed by atoms with Crippen molar-refractivity contribution in [2.45, 2.75) is 26.2 Å². The molecule has 3 aromatic rings. The molecule has 0 spiro atoms. The molecule has 1 unspecified atom stereocenters. The van der Waals surface area contributed by atoms with Crippen LogP contribution in [0.15, 0.2) is 36.5 Å². The molecule has 0 aliphatic heterocycles. The minimum absolute atomic E-state index is 0.0470. The highest BCUT2D eigenvalue weighted by Gasteiger charge is 2.23. The molecule has 0 bridgehead atoms. The molecule has 0 radical (unpaired) electrons. The fourth-order valence-electron chi connectivity index (χ4n) is 3.78. The molecule has 5 heteroatoms. The highest BCUT2D eigenvalue weighted by Crippen LogP contribution is 2.33. The Morgan fingerprint density at radius 2 is 2.15 bits per heavy atom. The number of nitrogens with zero attached hydrogens (tertiary/aromatic N) is 2. The molecule has 1 amide bonds. The fourth-order valence-corrected chi connectivity index (χ4v) is 3.78. The van der Waals surface area contributed by atoms with E-state index in [1.165, 1.54) is 23.1 Å². The highest BCUT2D eigenvalue weighted by atomic mass is 16.5. The second-order valence-corrected chi connectivity index (χ2v) is 7.08. The molecule has 4 rings (SSSR count). The molecule has 26 heavy (non-hydrogen) atoms. The molecule has 1 aromatic carbocycles. The third-order valence-electron chi connectivity index (χ3n) is 5.32. The van der Waals surface area contributed by atoms with Gasteiger partial charge in [-0.3, -0.25) is 4.79 Å². The predicted molar refractivity (Wildman–Crippen MR) is 103 cm³/mol. The quantitative estimate of drug-likeness (QED) is 0.778. The van der Waals surface area contributed by atoms with Gasteiger partial charge in [0.25, 0.3) is 5.91 Å². The molecular formula is C21H23N3O2. The van der Waals surface area contributed by atoms with Crippen LogP contribution in [0.3, 0.4) is 0 Å². The van der Waals surface area contributed by atoms with E-state index in [4.69, 9.17) is 4.74 Å². The van der Waals surface area contributed by atoms with E-state index in [-0.39, 0.29) is 5.91 Å². The molecule has 134 valence electrons. The van der Waals surface area contributed by atoms with Crippen LogP contribution in [0.25, 0.3) is 10.9 Å². The van der Waals surface area contributed by atoms with Gasteiger partial charge in [-0.15, -0.1) is 0 Å². The van der Waals surface area contributed by atoms with Gasteiger partial charge in [-0.2, -0.15) is 0 Å². The van der Waals surface area contributed by atoms with Crippen molar-refractivity contribution < 1.29 is 9.53 Å². The van der Waals surface area contributed by atoms with Gasteiger partial charge in [0.2, 0.25) is 5.88 Å². The molecule has 0 saturated carbocycles. The van der Waals surface area contributed by atoms with Crippen LogP contribution in [0, 0.1) is 5.92 Å². The van der Waals surface area contributed by atoms with Gasteiger partial charge in [0.05, 0.1) is 30.1 Å². The lowest BCUT2D eigenvalue weighted by Gasteiger charge is -2.18. The molecule has 1 N–H and O–H groups in total. The number of aromatic amines is 1. The normalized spacial score (nSPS) is 16.3. The summed E-state index contributed by atoms with van der Waals surface area (Å²) in [5.41, 5.74) is 5.04. The maximum absolute atomic E-state index is 13.1. The average Bonchev–Trinajstić information content (AvgIpc) is 3.05. The van der Waals surface area contributed by atoms with E-state index in [2.05, 4.69) is 23.0 Å². The van der Waals surface area contributed by atoms with Crippen LogP contribution < -0.4 is 9.64 Å². The number of aromatic nitrogens is 2. The Bertz CT molecular complexity index is 959. The van der Waals surface area contributed by atoms with Gasteiger partial charge in [-0.25, -0.2) is 4.98 Å². The highest BCUT2D eigenvalue weighted by molar-refractivity contribution is 6.13.